The molecule has 3 aliphatic rings. The number of carbonyl (C=O) groups excluding carboxylic acids is 2. The molecule has 2 amide bonds. The molecule has 0 aromatic rings. The second kappa shape index (κ2) is 6.99. The first-order valence-corrected chi connectivity index (χ1v) is 9.00. The van der Waals surface area contributed by atoms with E-state index in [9.17, 15) is 9.59 Å². The van der Waals surface area contributed by atoms with Crippen LogP contribution in [0.25, 0.3) is 0 Å². The van der Waals surface area contributed by atoms with E-state index in [1.165, 1.54) is 25.7 Å². The predicted octanol–water partition coefficient (Wildman–Crippen LogP) is 1.38. The lowest BCUT2D eigenvalue weighted by atomic mass is 10.1. The number of nitrogens with zero attached hydrogens (tertiary/aromatic N) is 2. The molecule has 2 saturated heterocycles. The molecule has 1 aliphatic carbocycles. The summed E-state index contributed by atoms with van der Waals surface area (Å²) >= 11 is 0. The molecular weight excluding hydrogens is 278 g/mol. The number of rotatable bonds is 5. The van der Waals surface area contributed by atoms with Crippen LogP contribution in [0.1, 0.15) is 51.9 Å². The van der Waals surface area contributed by atoms with Gasteiger partial charge >= 0.3 is 0 Å². The zero-order chi connectivity index (χ0) is 15.5. The monoisotopic (exact) mass is 307 g/mol. The first kappa shape index (κ1) is 15.8. The molecule has 0 aromatic heterocycles. The Morgan fingerprint density at radius 2 is 2.00 bits per heavy atom. The highest BCUT2D eigenvalue weighted by Crippen LogP contribution is 2.29. The SMILES string of the molecule is CCN1CCCC1CNC(=O)C1CC(=O)N(C2CCCC2)C1. The molecule has 2 heterocycles. The number of amides is 2. The topological polar surface area (TPSA) is 52.7 Å². The first-order chi connectivity index (χ1) is 10.7. The highest BCUT2D eigenvalue weighted by atomic mass is 16.2. The minimum atomic E-state index is -0.135. The molecule has 0 radical (unpaired) electrons. The van der Waals surface area contributed by atoms with Crippen molar-refractivity contribution in [1.82, 2.24) is 15.1 Å². The lowest BCUT2D eigenvalue weighted by Gasteiger charge is -2.25. The second-order valence-electron chi connectivity index (χ2n) is 7.06. The van der Waals surface area contributed by atoms with Crippen LogP contribution >= 0.6 is 0 Å². The van der Waals surface area contributed by atoms with Crippen molar-refractivity contribution in [3.8, 4) is 0 Å². The molecule has 1 saturated carbocycles. The van der Waals surface area contributed by atoms with Crippen molar-refractivity contribution in [3.05, 3.63) is 0 Å². The lowest BCUT2D eigenvalue weighted by molar-refractivity contribution is -0.130. The van der Waals surface area contributed by atoms with Crippen LogP contribution in [0.3, 0.4) is 0 Å². The Morgan fingerprint density at radius 1 is 1.23 bits per heavy atom. The molecule has 5 nitrogen and oxygen atoms in total. The third-order valence-corrected chi connectivity index (χ3v) is 5.71. The fraction of sp³-hybridized carbons (Fsp3) is 0.882. The minimum Gasteiger partial charge on any atom is -0.354 e. The van der Waals surface area contributed by atoms with Crippen LogP contribution in [0, 0.1) is 5.92 Å². The van der Waals surface area contributed by atoms with E-state index in [2.05, 4.69) is 17.1 Å². The molecule has 0 aromatic carbocycles. The van der Waals surface area contributed by atoms with Crippen LogP contribution < -0.4 is 5.32 Å². The highest BCUT2D eigenvalue weighted by Gasteiger charge is 2.38. The van der Waals surface area contributed by atoms with Crippen molar-refractivity contribution in [3.63, 3.8) is 0 Å². The molecule has 22 heavy (non-hydrogen) atoms. The van der Waals surface area contributed by atoms with Gasteiger partial charge in [-0.25, -0.2) is 0 Å². The summed E-state index contributed by atoms with van der Waals surface area (Å²) < 4.78 is 0. The van der Waals surface area contributed by atoms with Gasteiger partial charge in [-0.1, -0.05) is 19.8 Å². The molecule has 5 heteroatoms. The van der Waals surface area contributed by atoms with Gasteiger partial charge in [-0.15, -0.1) is 0 Å². The third-order valence-electron chi connectivity index (χ3n) is 5.71. The Balaban J connectivity index is 1.47. The zero-order valence-corrected chi connectivity index (χ0v) is 13.7. The number of hydrogen-bond donors (Lipinski definition) is 1. The van der Waals surface area contributed by atoms with Crippen LogP contribution in [0.4, 0.5) is 0 Å². The van der Waals surface area contributed by atoms with Gasteiger partial charge in [0.05, 0.1) is 5.92 Å². The number of nitrogens with one attached hydrogen (secondary N) is 1. The number of carbonyl (C=O) groups is 2. The Morgan fingerprint density at radius 3 is 2.73 bits per heavy atom. The van der Waals surface area contributed by atoms with Gasteiger partial charge in [0.1, 0.15) is 0 Å². The average molecular weight is 307 g/mol. The predicted molar refractivity (Wildman–Crippen MR) is 85.4 cm³/mol. The Labute approximate surface area is 133 Å². The standard InChI is InChI=1S/C17H29N3O2/c1-2-19-9-5-8-15(19)11-18-17(22)13-10-16(21)20(12-13)14-6-3-4-7-14/h13-15H,2-12H2,1H3,(H,18,22). The summed E-state index contributed by atoms with van der Waals surface area (Å²) in [4.78, 5) is 29.0. The average Bonchev–Trinajstić information content (AvgIpc) is 3.24. The number of likely N-dealkylation sites (tertiary alicyclic amines) is 2. The van der Waals surface area contributed by atoms with Crippen molar-refractivity contribution in [2.45, 2.75) is 64.0 Å². The van der Waals surface area contributed by atoms with Gasteiger partial charge in [0.15, 0.2) is 0 Å². The third kappa shape index (κ3) is 3.29. The van der Waals surface area contributed by atoms with Crippen LogP contribution in [-0.4, -0.2) is 59.9 Å². The van der Waals surface area contributed by atoms with Crippen molar-refractivity contribution in [1.29, 1.82) is 0 Å². The summed E-state index contributed by atoms with van der Waals surface area (Å²) in [5.74, 6) is 0.129. The molecule has 2 atom stereocenters. The lowest BCUT2D eigenvalue weighted by Crippen LogP contribution is -2.42. The van der Waals surface area contributed by atoms with E-state index < -0.39 is 0 Å². The van der Waals surface area contributed by atoms with E-state index in [4.69, 9.17) is 0 Å². The first-order valence-electron chi connectivity index (χ1n) is 9.00. The van der Waals surface area contributed by atoms with Gasteiger partial charge in [-0.05, 0) is 38.8 Å². The smallest absolute Gasteiger partial charge is 0.225 e. The summed E-state index contributed by atoms with van der Waals surface area (Å²) in [5, 5.41) is 3.10. The van der Waals surface area contributed by atoms with E-state index in [0.29, 0.717) is 25.0 Å². The van der Waals surface area contributed by atoms with Crippen molar-refractivity contribution < 1.29 is 9.59 Å². The molecule has 3 fully saturated rings. The van der Waals surface area contributed by atoms with E-state index in [-0.39, 0.29) is 17.7 Å². The summed E-state index contributed by atoms with van der Waals surface area (Å²) in [6.45, 7) is 5.75. The molecule has 2 unspecified atom stereocenters. The highest BCUT2D eigenvalue weighted by molar-refractivity contribution is 5.89. The van der Waals surface area contributed by atoms with E-state index in [1.54, 1.807) is 0 Å². The van der Waals surface area contributed by atoms with Crippen LogP contribution in [0.15, 0.2) is 0 Å². The maximum absolute atomic E-state index is 12.4. The second-order valence-corrected chi connectivity index (χ2v) is 7.06. The maximum atomic E-state index is 12.4. The van der Waals surface area contributed by atoms with Crippen molar-refractivity contribution in [2.75, 3.05) is 26.2 Å². The zero-order valence-electron chi connectivity index (χ0n) is 13.7. The molecular formula is C17H29N3O2. The van der Waals surface area contributed by atoms with Crippen LogP contribution in [-0.2, 0) is 9.59 Å². The summed E-state index contributed by atoms with van der Waals surface area (Å²) in [5.41, 5.74) is 0. The molecule has 1 N–H and O–H groups in total. The van der Waals surface area contributed by atoms with E-state index in [1.807, 2.05) is 4.90 Å². The fourth-order valence-electron chi connectivity index (χ4n) is 4.38. The Bertz CT molecular complexity index is 420. The van der Waals surface area contributed by atoms with E-state index in [0.717, 1.165) is 32.5 Å². The minimum absolute atomic E-state index is 0.0804. The van der Waals surface area contributed by atoms with E-state index >= 15 is 0 Å². The van der Waals surface area contributed by atoms with Gasteiger partial charge in [-0.3, -0.25) is 14.5 Å². The molecule has 3 rings (SSSR count). The molecule has 0 bridgehead atoms. The van der Waals surface area contributed by atoms with Crippen LogP contribution in [0.2, 0.25) is 0 Å². The summed E-state index contributed by atoms with van der Waals surface area (Å²) in [6.07, 6.45) is 7.49. The largest absolute Gasteiger partial charge is 0.354 e. The number of likely N-dealkylation sites (N-methyl/N-ethyl adjacent to an activating group) is 1. The molecule has 124 valence electrons. The fourth-order valence-corrected chi connectivity index (χ4v) is 4.38. The number of hydrogen-bond acceptors (Lipinski definition) is 3. The molecule has 0 spiro atoms. The van der Waals surface area contributed by atoms with Gasteiger partial charge < -0.3 is 10.2 Å². The maximum Gasteiger partial charge on any atom is 0.225 e. The normalized spacial score (nSPS) is 30.4. The van der Waals surface area contributed by atoms with Crippen molar-refractivity contribution in [2.24, 2.45) is 5.92 Å². The Kier molecular flexibility index (Phi) is 5.01. The van der Waals surface area contributed by atoms with Gasteiger partial charge in [-0.2, -0.15) is 0 Å². The van der Waals surface area contributed by atoms with Crippen molar-refractivity contribution >= 4 is 11.8 Å². The van der Waals surface area contributed by atoms with Gasteiger partial charge in [0, 0.05) is 31.6 Å². The van der Waals surface area contributed by atoms with Crippen LogP contribution in [0.5, 0.6) is 0 Å². The van der Waals surface area contributed by atoms with Gasteiger partial charge in [0.25, 0.3) is 0 Å². The Hall–Kier alpha value is -1.10. The summed E-state index contributed by atoms with van der Waals surface area (Å²) in [6, 6.07) is 0.882. The summed E-state index contributed by atoms with van der Waals surface area (Å²) in [7, 11) is 0. The molecule has 2 aliphatic heterocycles. The van der Waals surface area contributed by atoms with Gasteiger partial charge in [0.2, 0.25) is 11.8 Å². The quantitative estimate of drug-likeness (QED) is 0.835.